The van der Waals surface area contributed by atoms with Crippen molar-refractivity contribution in [2.75, 3.05) is 11.5 Å². The number of nitrogens with zero attached hydrogens (tertiary/aromatic N) is 3. The van der Waals surface area contributed by atoms with Crippen LogP contribution in [0.15, 0.2) is 35.6 Å². The van der Waals surface area contributed by atoms with Crippen LogP contribution in [0.4, 0.5) is 9.52 Å². The van der Waals surface area contributed by atoms with Crippen LogP contribution in [-0.4, -0.2) is 39.3 Å². The van der Waals surface area contributed by atoms with E-state index in [1.807, 2.05) is 0 Å². The average Bonchev–Trinajstić information content (AvgIpc) is 3.41. The summed E-state index contributed by atoms with van der Waals surface area (Å²) in [4.78, 5) is 49.1. The van der Waals surface area contributed by atoms with E-state index < -0.39 is 35.3 Å². The fourth-order valence-corrected chi connectivity index (χ4v) is 5.62. The number of amides is 1. The number of rotatable bonds is 6. The van der Waals surface area contributed by atoms with Gasteiger partial charge < -0.3 is 9.84 Å². The monoisotopic (exact) mass is 501 g/mol. The molecule has 3 aromatic rings. The smallest absolute Gasteiger partial charge is 0.350 e. The highest BCUT2D eigenvalue weighted by Gasteiger charge is 2.47. The van der Waals surface area contributed by atoms with E-state index in [0.29, 0.717) is 16.4 Å². The zero-order valence-electron chi connectivity index (χ0n) is 18.7. The number of aliphatic hydroxyl groups excluding tert-OH is 1. The number of aromatic nitrogens is 2. The number of aryl methyl sites for hydroxylation is 3. The summed E-state index contributed by atoms with van der Waals surface area (Å²) in [6, 6.07) is 4.40. The molecule has 1 aliphatic rings. The van der Waals surface area contributed by atoms with Gasteiger partial charge in [0.05, 0.1) is 33.5 Å². The van der Waals surface area contributed by atoms with Gasteiger partial charge in [0.2, 0.25) is 5.78 Å². The lowest BCUT2D eigenvalue weighted by atomic mass is 9.95. The molecule has 1 N–H and O–H groups in total. The van der Waals surface area contributed by atoms with Gasteiger partial charge >= 0.3 is 5.97 Å². The van der Waals surface area contributed by atoms with Gasteiger partial charge in [0, 0.05) is 5.56 Å². The Labute approximate surface area is 202 Å². The van der Waals surface area contributed by atoms with Crippen LogP contribution in [0.1, 0.15) is 54.3 Å². The standard InChI is InChI=1S/C23H20FN3O5S2/c1-5-32-22(31)20-11(3)26-23(34-20)27-16(13-8-6-7-9-14(13)24)15(18(29)21(27)30)17(28)19-10(2)25-12(4)33-19/h6-9,16,29H,5H2,1-4H3. The Bertz CT molecular complexity index is 1360. The minimum Gasteiger partial charge on any atom is -0.503 e. The molecular formula is C23H20FN3O5S2. The average molecular weight is 502 g/mol. The van der Waals surface area contributed by atoms with Crippen molar-refractivity contribution in [2.45, 2.75) is 33.7 Å². The highest BCUT2D eigenvalue weighted by molar-refractivity contribution is 7.17. The summed E-state index contributed by atoms with van der Waals surface area (Å²) >= 11 is 1.99. The fourth-order valence-electron chi connectivity index (χ4n) is 3.76. The first kappa shape index (κ1) is 23.7. The first-order chi connectivity index (χ1) is 16.1. The number of ether oxygens (including phenoxy) is 1. The second kappa shape index (κ2) is 9.07. The Balaban J connectivity index is 1.89. The Kier molecular flexibility index (Phi) is 6.32. The summed E-state index contributed by atoms with van der Waals surface area (Å²) in [6.45, 7) is 6.78. The molecule has 0 aliphatic carbocycles. The van der Waals surface area contributed by atoms with E-state index in [9.17, 15) is 23.9 Å². The summed E-state index contributed by atoms with van der Waals surface area (Å²) in [5, 5.41) is 11.5. The number of hydrogen-bond acceptors (Lipinski definition) is 9. The van der Waals surface area contributed by atoms with Crippen LogP contribution in [0.2, 0.25) is 0 Å². The van der Waals surface area contributed by atoms with Crippen molar-refractivity contribution in [3.8, 4) is 0 Å². The molecule has 0 radical (unpaired) electrons. The Morgan fingerprint density at radius 2 is 1.79 bits per heavy atom. The van der Waals surface area contributed by atoms with Crippen LogP contribution in [0.3, 0.4) is 0 Å². The molecule has 2 aromatic heterocycles. The number of carbonyl (C=O) groups is 3. The molecule has 0 bridgehead atoms. The van der Waals surface area contributed by atoms with Crippen LogP contribution < -0.4 is 4.90 Å². The second-order valence-corrected chi connectivity index (χ2v) is 9.65. The predicted octanol–water partition coefficient (Wildman–Crippen LogP) is 4.62. The van der Waals surface area contributed by atoms with Crippen LogP contribution in [0.5, 0.6) is 0 Å². The van der Waals surface area contributed by atoms with Crippen LogP contribution >= 0.6 is 22.7 Å². The molecule has 1 amide bonds. The molecule has 4 rings (SSSR count). The minimum atomic E-state index is -1.29. The number of ketones is 1. The maximum Gasteiger partial charge on any atom is 0.350 e. The lowest BCUT2D eigenvalue weighted by Gasteiger charge is -2.24. The largest absolute Gasteiger partial charge is 0.503 e. The summed E-state index contributed by atoms with van der Waals surface area (Å²) in [6.07, 6.45) is 0. The van der Waals surface area contributed by atoms with Gasteiger partial charge in [-0.3, -0.25) is 14.5 Å². The Morgan fingerprint density at radius 3 is 2.41 bits per heavy atom. The summed E-state index contributed by atoms with van der Waals surface area (Å²) in [5.41, 5.74) is 0.493. The van der Waals surface area contributed by atoms with Gasteiger partial charge in [-0.05, 0) is 33.8 Å². The molecular weight excluding hydrogens is 481 g/mol. The lowest BCUT2D eigenvalue weighted by molar-refractivity contribution is -0.117. The number of aliphatic hydroxyl groups is 1. The quantitative estimate of drug-likeness (QED) is 0.388. The molecule has 0 fully saturated rings. The van der Waals surface area contributed by atoms with Crippen molar-refractivity contribution in [3.05, 3.63) is 73.1 Å². The normalized spacial score (nSPS) is 15.9. The van der Waals surface area contributed by atoms with E-state index in [0.717, 1.165) is 27.6 Å². The minimum absolute atomic E-state index is 0.00711. The number of hydrogen-bond donors (Lipinski definition) is 1. The summed E-state index contributed by atoms with van der Waals surface area (Å²) in [7, 11) is 0. The lowest BCUT2D eigenvalue weighted by Crippen LogP contribution is -2.31. The van der Waals surface area contributed by atoms with Crippen molar-refractivity contribution in [2.24, 2.45) is 0 Å². The first-order valence-corrected chi connectivity index (χ1v) is 11.9. The van der Waals surface area contributed by atoms with Crippen molar-refractivity contribution in [1.82, 2.24) is 9.97 Å². The molecule has 34 heavy (non-hydrogen) atoms. The zero-order chi connectivity index (χ0) is 24.7. The van der Waals surface area contributed by atoms with Gasteiger partial charge in [-0.2, -0.15) is 0 Å². The fraction of sp³-hybridized carbons (Fsp3) is 0.261. The zero-order valence-corrected chi connectivity index (χ0v) is 20.3. The molecule has 3 heterocycles. The SMILES string of the molecule is CCOC(=O)c1sc(N2C(=O)C(O)=C(C(=O)c3sc(C)nc3C)C2c2ccccc2F)nc1C. The number of thiazole rings is 2. The second-order valence-electron chi connectivity index (χ2n) is 7.47. The maximum absolute atomic E-state index is 15.0. The van der Waals surface area contributed by atoms with Crippen molar-refractivity contribution in [1.29, 1.82) is 0 Å². The number of Topliss-reactive ketones (excluding diaryl/α,β-unsaturated/α-hetero) is 1. The third kappa shape index (κ3) is 3.90. The predicted molar refractivity (Wildman–Crippen MR) is 125 cm³/mol. The third-order valence-electron chi connectivity index (χ3n) is 5.21. The van der Waals surface area contributed by atoms with Gasteiger partial charge in [0.15, 0.2) is 10.9 Å². The molecule has 0 spiro atoms. The molecule has 8 nitrogen and oxygen atoms in total. The highest BCUT2D eigenvalue weighted by atomic mass is 32.1. The van der Waals surface area contributed by atoms with Crippen molar-refractivity contribution < 1.29 is 28.6 Å². The molecule has 1 aromatic carbocycles. The number of esters is 1. The van der Waals surface area contributed by atoms with Crippen LogP contribution in [0.25, 0.3) is 0 Å². The third-order valence-corrected chi connectivity index (χ3v) is 7.42. The van der Waals surface area contributed by atoms with Gasteiger partial charge in [-0.1, -0.05) is 29.5 Å². The number of halogens is 1. The van der Waals surface area contributed by atoms with Crippen LogP contribution in [0, 0.1) is 26.6 Å². The van der Waals surface area contributed by atoms with Crippen LogP contribution in [-0.2, 0) is 9.53 Å². The molecule has 176 valence electrons. The number of anilines is 1. The Hall–Kier alpha value is -3.44. The summed E-state index contributed by atoms with van der Waals surface area (Å²) < 4.78 is 20.0. The molecule has 1 aliphatic heterocycles. The van der Waals surface area contributed by atoms with E-state index in [1.54, 1.807) is 33.8 Å². The molecule has 0 saturated heterocycles. The van der Waals surface area contributed by atoms with E-state index in [4.69, 9.17) is 4.74 Å². The van der Waals surface area contributed by atoms with Gasteiger partial charge in [0.25, 0.3) is 5.91 Å². The van der Waals surface area contributed by atoms with Gasteiger partial charge in [0.1, 0.15) is 16.7 Å². The van der Waals surface area contributed by atoms with Crippen molar-refractivity contribution in [3.63, 3.8) is 0 Å². The first-order valence-electron chi connectivity index (χ1n) is 10.3. The van der Waals surface area contributed by atoms with Gasteiger partial charge in [-0.25, -0.2) is 19.2 Å². The van der Waals surface area contributed by atoms with E-state index in [2.05, 4.69) is 9.97 Å². The molecule has 11 heteroatoms. The molecule has 1 atom stereocenters. The maximum atomic E-state index is 15.0. The topological polar surface area (TPSA) is 110 Å². The molecule has 1 unspecified atom stereocenters. The number of carbonyl (C=O) groups excluding carboxylic acids is 3. The van der Waals surface area contributed by atoms with E-state index >= 15 is 0 Å². The van der Waals surface area contributed by atoms with Gasteiger partial charge in [-0.15, -0.1) is 11.3 Å². The summed E-state index contributed by atoms with van der Waals surface area (Å²) in [5.74, 6) is -3.61. The van der Waals surface area contributed by atoms with E-state index in [1.165, 1.54) is 18.2 Å². The van der Waals surface area contributed by atoms with Crippen molar-refractivity contribution >= 4 is 45.5 Å². The number of benzene rings is 1. The Morgan fingerprint density at radius 1 is 1.12 bits per heavy atom. The highest BCUT2D eigenvalue weighted by Crippen LogP contribution is 2.45. The van der Waals surface area contributed by atoms with E-state index in [-0.39, 0.29) is 32.6 Å². The molecule has 0 saturated carbocycles.